The zero-order valence-electron chi connectivity index (χ0n) is 12.6. The van der Waals surface area contributed by atoms with Gasteiger partial charge in [-0.25, -0.2) is 9.59 Å². The summed E-state index contributed by atoms with van der Waals surface area (Å²) in [6.07, 6.45) is -1.19. The number of carbonyl (C=O) groups is 3. The number of hydrogen-bond acceptors (Lipinski definition) is 5. The summed E-state index contributed by atoms with van der Waals surface area (Å²) in [5, 5.41) is 15.7. The SMILES string of the molecule is CNC(=O)NC(=O)[C@H](C)OC(=O)c1cc2ccccc2cc1O. The first-order chi connectivity index (χ1) is 10.9. The van der Waals surface area contributed by atoms with Crippen molar-refractivity contribution in [3.05, 3.63) is 42.0 Å². The van der Waals surface area contributed by atoms with Gasteiger partial charge in [0.05, 0.1) is 0 Å². The number of ether oxygens (including phenoxy) is 1. The van der Waals surface area contributed by atoms with Crippen LogP contribution in [0.5, 0.6) is 5.75 Å². The summed E-state index contributed by atoms with van der Waals surface area (Å²) < 4.78 is 4.98. The largest absolute Gasteiger partial charge is 0.507 e. The Morgan fingerprint density at radius 1 is 1.13 bits per heavy atom. The van der Waals surface area contributed by atoms with Crippen LogP contribution in [0.2, 0.25) is 0 Å². The van der Waals surface area contributed by atoms with Gasteiger partial charge in [0.2, 0.25) is 0 Å². The highest BCUT2D eigenvalue weighted by atomic mass is 16.5. The summed E-state index contributed by atoms with van der Waals surface area (Å²) in [5.41, 5.74) is -0.0525. The Morgan fingerprint density at radius 2 is 1.74 bits per heavy atom. The lowest BCUT2D eigenvalue weighted by Crippen LogP contribution is -2.43. The number of rotatable bonds is 3. The lowest BCUT2D eigenvalue weighted by molar-refractivity contribution is -0.127. The number of amides is 3. The maximum atomic E-state index is 12.1. The van der Waals surface area contributed by atoms with E-state index in [4.69, 9.17) is 4.74 Å². The molecule has 23 heavy (non-hydrogen) atoms. The topological polar surface area (TPSA) is 105 Å². The fourth-order valence-corrected chi connectivity index (χ4v) is 1.95. The summed E-state index contributed by atoms with van der Waals surface area (Å²) in [7, 11) is 1.35. The van der Waals surface area contributed by atoms with E-state index in [2.05, 4.69) is 5.32 Å². The van der Waals surface area contributed by atoms with E-state index in [1.165, 1.54) is 26.1 Å². The predicted octanol–water partition coefficient (Wildman–Crippen LogP) is 1.55. The smallest absolute Gasteiger partial charge is 0.342 e. The summed E-state index contributed by atoms with van der Waals surface area (Å²) in [6, 6.07) is 9.42. The highest BCUT2D eigenvalue weighted by molar-refractivity contribution is 6.01. The van der Waals surface area contributed by atoms with Gasteiger partial charge in [-0.1, -0.05) is 24.3 Å². The molecular weight excluding hydrogens is 300 g/mol. The van der Waals surface area contributed by atoms with Crippen molar-refractivity contribution in [1.29, 1.82) is 0 Å². The van der Waals surface area contributed by atoms with Crippen LogP contribution < -0.4 is 10.6 Å². The first-order valence-electron chi connectivity index (χ1n) is 6.87. The Hall–Kier alpha value is -3.09. The Morgan fingerprint density at radius 3 is 2.35 bits per heavy atom. The molecule has 0 radical (unpaired) electrons. The molecule has 2 rings (SSSR count). The lowest BCUT2D eigenvalue weighted by Gasteiger charge is -2.13. The van der Waals surface area contributed by atoms with E-state index in [-0.39, 0.29) is 11.3 Å². The summed E-state index contributed by atoms with van der Waals surface area (Å²) in [6.45, 7) is 1.33. The standard InChI is InChI=1S/C16H16N2O5/c1-9(14(20)18-16(22)17-2)23-15(21)12-7-10-5-3-4-6-11(10)8-13(12)19/h3-9,19H,1-2H3,(H2,17,18,20,22)/t9-/m0/s1. The lowest BCUT2D eigenvalue weighted by atomic mass is 10.1. The minimum Gasteiger partial charge on any atom is -0.507 e. The van der Waals surface area contributed by atoms with E-state index in [1.54, 1.807) is 18.2 Å². The van der Waals surface area contributed by atoms with Gasteiger partial charge in [0, 0.05) is 7.05 Å². The van der Waals surface area contributed by atoms with Crippen molar-refractivity contribution in [2.24, 2.45) is 0 Å². The van der Waals surface area contributed by atoms with Crippen LogP contribution in [-0.2, 0) is 9.53 Å². The van der Waals surface area contributed by atoms with E-state index >= 15 is 0 Å². The van der Waals surface area contributed by atoms with E-state index in [9.17, 15) is 19.5 Å². The Balaban J connectivity index is 2.15. The molecule has 2 aromatic carbocycles. The normalized spacial score (nSPS) is 11.6. The minimum absolute atomic E-state index is 0.0525. The quantitative estimate of drug-likeness (QED) is 0.745. The number of imide groups is 1. The molecule has 0 fully saturated rings. The molecule has 3 N–H and O–H groups in total. The average molecular weight is 316 g/mol. The van der Waals surface area contributed by atoms with Crippen molar-refractivity contribution in [1.82, 2.24) is 10.6 Å². The predicted molar refractivity (Wildman–Crippen MR) is 83.1 cm³/mol. The molecule has 0 aliphatic rings. The molecule has 3 amide bonds. The second kappa shape index (κ2) is 6.78. The molecule has 120 valence electrons. The molecule has 0 heterocycles. The third-order valence-corrected chi connectivity index (χ3v) is 3.20. The molecule has 0 aliphatic carbocycles. The maximum absolute atomic E-state index is 12.1. The number of phenolic OH excluding ortho intramolecular Hbond substituents is 1. The Kier molecular flexibility index (Phi) is 4.80. The number of phenols is 1. The van der Waals surface area contributed by atoms with Crippen LogP contribution in [0.3, 0.4) is 0 Å². The van der Waals surface area contributed by atoms with E-state index < -0.39 is 24.0 Å². The minimum atomic E-state index is -1.19. The molecule has 7 nitrogen and oxygen atoms in total. The number of carbonyl (C=O) groups excluding carboxylic acids is 3. The molecule has 0 saturated heterocycles. The zero-order valence-corrected chi connectivity index (χ0v) is 12.6. The number of benzene rings is 2. The molecule has 0 aromatic heterocycles. The van der Waals surface area contributed by atoms with Gasteiger partial charge in [-0.05, 0) is 29.8 Å². The third kappa shape index (κ3) is 3.76. The van der Waals surface area contributed by atoms with Gasteiger partial charge in [-0.3, -0.25) is 10.1 Å². The van der Waals surface area contributed by atoms with E-state index in [1.807, 2.05) is 11.4 Å². The van der Waals surface area contributed by atoms with Gasteiger partial charge < -0.3 is 15.2 Å². The summed E-state index contributed by atoms with van der Waals surface area (Å²) >= 11 is 0. The van der Waals surface area contributed by atoms with Crippen LogP contribution in [0.15, 0.2) is 36.4 Å². The van der Waals surface area contributed by atoms with Gasteiger partial charge in [-0.2, -0.15) is 0 Å². The monoisotopic (exact) mass is 316 g/mol. The number of nitrogens with one attached hydrogen (secondary N) is 2. The molecule has 0 bridgehead atoms. The van der Waals surface area contributed by atoms with Gasteiger partial charge >= 0.3 is 12.0 Å². The van der Waals surface area contributed by atoms with Crippen LogP contribution in [0, 0.1) is 0 Å². The van der Waals surface area contributed by atoms with Gasteiger partial charge in [-0.15, -0.1) is 0 Å². The Bertz CT molecular complexity index is 772. The average Bonchev–Trinajstić information content (AvgIpc) is 2.53. The number of fused-ring (bicyclic) bond motifs is 1. The molecule has 0 unspecified atom stereocenters. The van der Waals surface area contributed by atoms with E-state index in [0.29, 0.717) is 0 Å². The maximum Gasteiger partial charge on any atom is 0.342 e. The van der Waals surface area contributed by atoms with Crippen LogP contribution in [0.4, 0.5) is 4.79 Å². The van der Waals surface area contributed by atoms with Crippen molar-refractivity contribution in [3.8, 4) is 5.75 Å². The van der Waals surface area contributed by atoms with Crippen molar-refractivity contribution in [3.63, 3.8) is 0 Å². The van der Waals surface area contributed by atoms with Crippen LogP contribution in [0.1, 0.15) is 17.3 Å². The molecule has 0 saturated carbocycles. The molecular formula is C16H16N2O5. The van der Waals surface area contributed by atoms with Gasteiger partial charge in [0.1, 0.15) is 11.3 Å². The highest BCUT2D eigenvalue weighted by Gasteiger charge is 2.22. The van der Waals surface area contributed by atoms with Crippen molar-refractivity contribution in [2.45, 2.75) is 13.0 Å². The van der Waals surface area contributed by atoms with Crippen LogP contribution in [0.25, 0.3) is 10.8 Å². The van der Waals surface area contributed by atoms with Crippen LogP contribution >= 0.6 is 0 Å². The first kappa shape index (κ1) is 16.3. The van der Waals surface area contributed by atoms with Crippen molar-refractivity contribution in [2.75, 3.05) is 7.05 Å². The summed E-state index contributed by atoms with van der Waals surface area (Å²) in [5.74, 6) is -1.86. The highest BCUT2D eigenvalue weighted by Crippen LogP contribution is 2.25. The third-order valence-electron chi connectivity index (χ3n) is 3.20. The molecule has 1 atom stereocenters. The number of urea groups is 1. The summed E-state index contributed by atoms with van der Waals surface area (Å²) in [4.78, 5) is 34.8. The van der Waals surface area contributed by atoms with E-state index in [0.717, 1.165) is 10.8 Å². The number of hydrogen-bond donors (Lipinski definition) is 3. The molecule has 7 heteroatoms. The van der Waals surface area contributed by atoms with Gasteiger partial charge in [0.25, 0.3) is 5.91 Å². The number of esters is 1. The fourth-order valence-electron chi connectivity index (χ4n) is 1.95. The molecule has 2 aromatic rings. The second-order valence-electron chi connectivity index (χ2n) is 4.83. The first-order valence-corrected chi connectivity index (χ1v) is 6.87. The van der Waals surface area contributed by atoms with Crippen LogP contribution in [-0.4, -0.2) is 36.2 Å². The second-order valence-corrected chi connectivity index (χ2v) is 4.83. The number of aromatic hydroxyl groups is 1. The molecule has 0 spiro atoms. The Labute approximate surface area is 132 Å². The van der Waals surface area contributed by atoms with Gasteiger partial charge in [0.15, 0.2) is 6.10 Å². The zero-order chi connectivity index (χ0) is 17.0. The van der Waals surface area contributed by atoms with Crippen molar-refractivity contribution < 1.29 is 24.2 Å². The molecule has 0 aliphatic heterocycles. The fraction of sp³-hybridized carbons (Fsp3) is 0.188. The van der Waals surface area contributed by atoms with Crippen molar-refractivity contribution >= 4 is 28.7 Å².